The number of hydrogen-bond acceptors (Lipinski definition) is 3. The van der Waals surface area contributed by atoms with Crippen molar-refractivity contribution in [3.63, 3.8) is 0 Å². The molecule has 0 amide bonds. The fourth-order valence-corrected chi connectivity index (χ4v) is 2.38. The molecule has 2 heterocycles. The molecule has 1 aliphatic heterocycles. The summed E-state index contributed by atoms with van der Waals surface area (Å²) >= 11 is 0. The molecule has 3 heteroatoms. The number of ether oxygens (including phenoxy) is 2. The van der Waals surface area contributed by atoms with Crippen molar-refractivity contribution in [1.82, 2.24) is 4.98 Å². The van der Waals surface area contributed by atoms with Gasteiger partial charge in [-0.25, -0.2) is 0 Å². The van der Waals surface area contributed by atoms with Crippen LogP contribution in [0.25, 0.3) is 0 Å². The van der Waals surface area contributed by atoms with Gasteiger partial charge in [-0.2, -0.15) is 0 Å². The molecule has 0 atom stereocenters. The average molecular weight is 271 g/mol. The van der Waals surface area contributed by atoms with E-state index in [1.54, 1.807) is 0 Å². The Morgan fingerprint density at radius 1 is 0.900 bits per heavy atom. The Hall–Kier alpha value is -1.45. The molecule has 0 N–H and O–H groups in total. The van der Waals surface area contributed by atoms with Gasteiger partial charge in [-0.3, -0.25) is 4.98 Å². The minimum absolute atomic E-state index is 0.261. The van der Waals surface area contributed by atoms with Crippen LogP contribution in [0.5, 0.6) is 0 Å². The van der Waals surface area contributed by atoms with Gasteiger partial charge in [0.15, 0.2) is 0 Å². The van der Waals surface area contributed by atoms with Crippen molar-refractivity contribution in [1.29, 1.82) is 0 Å². The third-order valence-corrected chi connectivity index (χ3v) is 4.38. The van der Waals surface area contributed by atoms with Crippen molar-refractivity contribution >= 4 is 0 Å². The van der Waals surface area contributed by atoms with Gasteiger partial charge in [0.2, 0.25) is 6.29 Å². The molecule has 0 bridgehead atoms. The monoisotopic (exact) mass is 271 g/mol. The minimum Gasteiger partial charge on any atom is -0.338 e. The molecule has 1 aliphatic carbocycles. The van der Waals surface area contributed by atoms with E-state index in [0.717, 1.165) is 11.4 Å². The number of pyridine rings is 1. The first-order chi connectivity index (χ1) is 9.39. The summed E-state index contributed by atoms with van der Waals surface area (Å²) in [6.07, 6.45) is 7.98. The van der Waals surface area contributed by atoms with Gasteiger partial charge >= 0.3 is 0 Å². The predicted molar refractivity (Wildman–Crippen MR) is 78.3 cm³/mol. The van der Waals surface area contributed by atoms with E-state index in [2.05, 4.69) is 39.8 Å². The molecule has 3 rings (SSSR count). The summed E-state index contributed by atoms with van der Waals surface area (Å²) in [6, 6.07) is 6.02. The second kappa shape index (κ2) is 4.54. The lowest BCUT2D eigenvalue weighted by Gasteiger charge is -2.30. The van der Waals surface area contributed by atoms with Crippen molar-refractivity contribution in [2.75, 3.05) is 0 Å². The third kappa shape index (κ3) is 2.21. The van der Waals surface area contributed by atoms with Gasteiger partial charge in [-0.1, -0.05) is 30.4 Å². The molecule has 0 radical (unpaired) electrons. The lowest BCUT2D eigenvalue weighted by Crippen LogP contribution is -2.41. The predicted octanol–water partition coefficient (Wildman–Crippen LogP) is 3.89. The zero-order chi connectivity index (χ0) is 14.4. The molecule has 0 unspecified atom stereocenters. The fraction of sp³-hybridized carbons (Fsp3) is 0.471. The summed E-state index contributed by atoms with van der Waals surface area (Å²) < 4.78 is 12.1. The SMILES string of the molecule is CC1(C)OC(c2cccc(C3C=CC=C3)n2)OC1(C)C. The highest BCUT2D eigenvalue weighted by atomic mass is 16.7. The van der Waals surface area contributed by atoms with Crippen molar-refractivity contribution in [3.05, 3.63) is 53.9 Å². The first-order valence-corrected chi connectivity index (χ1v) is 7.06. The Balaban J connectivity index is 1.87. The van der Waals surface area contributed by atoms with Crippen LogP contribution in [0.15, 0.2) is 42.5 Å². The minimum atomic E-state index is -0.394. The average Bonchev–Trinajstić information content (AvgIpc) is 2.97. The number of allylic oxidation sites excluding steroid dienone is 4. The largest absolute Gasteiger partial charge is 0.338 e. The summed E-state index contributed by atoms with van der Waals surface area (Å²) in [7, 11) is 0. The molecule has 0 saturated carbocycles. The summed E-state index contributed by atoms with van der Waals surface area (Å²) in [5.41, 5.74) is 1.21. The summed E-state index contributed by atoms with van der Waals surface area (Å²) in [5, 5.41) is 0. The molecule has 1 saturated heterocycles. The Kier molecular flexibility index (Phi) is 3.07. The quantitative estimate of drug-likeness (QED) is 0.817. The molecular weight excluding hydrogens is 250 g/mol. The Morgan fingerprint density at radius 3 is 2.05 bits per heavy atom. The molecule has 1 aromatic rings. The van der Waals surface area contributed by atoms with Crippen LogP contribution in [-0.4, -0.2) is 16.2 Å². The number of nitrogens with zero attached hydrogens (tertiary/aromatic N) is 1. The van der Waals surface area contributed by atoms with Crippen molar-refractivity contribution in [2.45, 2.75) is 51.1 Å². The van der Waals surface area contributed by atoms with Crippen LogP contribution >= 0.6 is 0 Å². The second-order valence-electron chi connectivity index (χ2n) is 6.37. The number of hydrogen-bond donors (Lipinski definition) is 0. The lowest BCUT2D eigenvalue weighted by atomic mass is 9.90. The first kappa shape index (κ1) is 13.5. The summed E-state index contributed by atoms with van der Waals surface area (Å²) in [4.78, 5) is 4.72. The van der Waals surface area contributed by atoms with Crippen LogP contribution in [0.4, 0.5) is 0 Å². The Bertz CT molecular complexity index is 544. The summed E-state index contributed by atoms with van der Waals surface area (Å²) in [6.45, 7) is 8.22. The van der Waals surface area contributed by atoms with E-state index in [4.69, 9.17) is 14.5 Å². The normalized spacial score (nSPS) is 24.6. The molecule has 2 aliphatic rings. The molecule has 0 spiro atoms. The molecule has 20 heavy (non-hydrogen) atoms. The van der Waals surface area contributed by atoms with Gasteiger partial charge in [-0.15, -0.1) is 0 Å². The smallest absolute Gasteiger partial charge is 0.202 e. The van der Waals surface area contributed by atoms with Crippen molar-refractivity contribution in [3.8, 4) is 0 Å². The molecule has 106 valence electrons. The topological polar surface area (TPSA) is 31.4 Å². The molecule has 1 aromatic heterocycles. The van der Waals surface area contributed by atoms with E-state index in [0.29, 0.717) is 0 Å². The van der Waals surface area contributed by atoms with Crippen LogP contribution in [0.3, 0.4) is 0 Å². The molecular formula is C17H21NO2. The number of rotatable bonds is 2. The third-order valence-electron chi connectivity index (χ3n) is 4.38. The van der Waals surface area contributed by atoms with Gasteiger partial charge < -0.3 is 9.47 Å². The van der Waals surface area contributed by atoms with Crippen molar-refractivity contribution in [2.24, 2.45) is 0 Å². The van der Waals surface area contributed by atoms with Crippen molar-refractivity contribution < 1.29 is 9.47 Å². The molecule has 1 fully saturated rings. The molecule has 0 aromatic carbocycles. The Morgan fingerprint density at radius 2 is 1.45 bits per heavy atom. The van der Waals surface area contributed by atoms with Crippen LogP contribution in [0, 0.1) is 0 Å². The van der Waals surface area contributed by atoms with Gasteiger partial charge in [0.1, 0.15) is 0 Å². The highest BCUT2D eigenvalue weighted by Gasteiger charge is 2.49. The maximum absolute atomic E-state index is 6.05. The number of aromatic nitrogens is 1. The van der Waals surface area contributed by atoms with Crippen LogP contribution < -0.4 is 0 Å². The van der Waals surface area contributed by atoms with E-state index < -0.39 is 6.29 Å². The first-order valence-electron chi connectivity index (χ1n) is 7.06. The summed E-state index contributed by atoms with van der Waals surface area (Å²) in [5.74, 6) is 0.261. The van der Waals surface area contributed by atoms with Gasteiger partial charge in [-0.05, 0) is 39.8 Å². The van der Waals surface area contributed by atoms with E-state index in [1.165, 1.54) is 0 Å². The highest BCUT2D eigenvalue weighted by molar-refractivity contribution is 5.31. The van der Waals surface area contributed by atoms with Crippen LogP contribution in [-0.2, 0) is 9.47 Å². The van der Waals surface area contributed by atoms with E-state index in [-0.39, 0.29) is 17.1 Å². The zero-order valence-corrected chi connectivity index (χ0v) is 12.5. The second-order valence-corrected chi connectivity index (χ2v) is 6.37. The van der Waals surface area contributed by atoms with E-state index in [1.807, 2.05) is 30.4 Å². The van der Waals surface area contributed by atoms with Gasteiger partial charge in [0.25, 0.3) is 0 Å². The maximum Gasteiger partial charge on any atom is 0.202 e. The molecule has 3 nitrogen and oxygen atoms in total. The van der Waals surface area contributed by atoms with Crippen LogP contribution in [0.2, 0.25) is 0 Å². The van der Waals surface area contributed by atoms with E-state index >= 15 is 0 Å². The Labute approximate surface area is 120 Å². The fourth-order valence-electron chi connectivity index (χ4n) is 2.38. The van der Waals surface area contributed by atoms with Crippen LogP contribution in [0.1, 0.15) is 51.3 Å². The highest BCUT2D eigenvalue weighted by Crippen LogP contribution is 2.44. The van der Waals surface area contributed by atoms with Gasteiger partial charge in [0, 0.05) is 5.92 Å². The van der Waals surface area contributed by atoms with E-state index in [9.17, 15) is 0 Å². The lowest BCUT2D eigenvalue weighted by molar-refractivity contribution is -0.0924. The van der Waals surface area contributed by atoms with Gasteiger partial charge in [0.05, 0.1) is 22.6 Å². The zero-order valence-electron chi connectivity index (χ0n) is 12.5. The maximum atomic E-state index is 6.05. The standard InChI is InChI=1S/C17H21NO2/c1-16(2)17(3,4)20-15(19-16)14-11-7-10-13(18-14)12-8-5-6-9-12/h5-12,15H,1-4H3.